The number of esters is 1. The molecule has 0 unspecified atom stereocenters. The van der Waals surface area contributed by atoms with Crippen molar-refractivity contribution in [2.24, 2.45) is 0 Å². The lowest BCUT2D eigenvalue weighted by atomic mass is 10.1. The quantitative estimate of drug-likeness (QED) is 0.526. The maximum Gasteiger partial charge on any atom is 0.338 e. The van der Waals surface area contributed by atoms with Gasteiger partial charge in [0.1, 0.15) is 24.9 Å². The highest BCUT2D eigenvalue weighted by Crippen LogP contribution is 2.31. The SMILES string of the molecule is O=C(OC[C@@H]1O[C@@H](n2cnc3c(=O)[nH]cnc32)[C@@H](O)[C@H]1O)c1ccccc1. The zero-order chi connectivity index (χ0) is 19.0. The van der Waals surface area contributed by atoms with Crippen LogP contribution in [0, 0.1) is 0 Å². The van der Waals surface area contributed by atoms with E-state index in [2.05, 4.69) is 15.0 Å². The summed E-state index contributed by atoms with van der Waals surface area (Å²) in [5, 5.41) is 20.6. The number of nitrogens with zero attached hydrogens (tertiary/aromatic N) is 3. The van der Waals surface area contributed by atoms with Crippen LogP contribution >= 0.6 is 0 Å². The highest BCUT2D eigenvalue weighted by molar-refractivity contribution is 5.89. The Morgan fingerprint density at radius 3 is 2.78 bits per heavy atom. The fourth-order valence-electron chi connectivity index (χ4n) is 2.96. The predicted molar refractivity (Wildman–Crippen MR) is 90.8 cm³/mol. The van der Waals surface area contributed by atoms with Crippen molar-refractivity contribution in [3.05, 3.63) is 58.9 Å². The fraction of sp³-hybridized carbons (Fsp3) is 0.294. The first-order valence-corrected chi connectivity index (χ1v) is 8.20. The molecule has 3 N–H and O–H groups in total. The third-order valence-corrected chi connectivity index (χ3v) is 4.36. The van der Waals surface area contributed by atoms with Crippen molar-refractivity contribution in [2.75, 3.05) is 6.61 Å². The second-order valence-electron chi connectivity index (χ2n) is 6.07. The Morgan fingerprint density at radius 1 is 1.22 bits per heavy atom. The number of imidazole rings is 1. The minimum Gasteiger partial charge on any atom is -0.459 e. The van der Waals surface area contributed by atoms with E-state index in [1.54, 1.807) is 30.3 Å². The van der Waals surface area contributed by atoms with E-state index < -0.39 is 36.1 Å². The average molecular weight is 372 g/mol. The van der Waals surface area contributed by atoms with E-state index in [1.165, 1.54) is 17.2 Å². The van der Waals surface area contributed by atoms with Crippen LogP contribution in [0.2, 0.25) is 0 Å². The number of ether oxygens (including phenoxy) is 2. The molecule has 1 aromatic carbocycles. The van der Waals surface area contributed by atoms with Crippen molar-refractivity contribution in [3.63, 3.8) is 0 Å². The molecule has 0 aliphatic carbocycles. The number of aliphatic hydroxyl groups excluding tert-OH is 2. The van der Waals surface area contributed by atoms with Gasteiger partial charge in [-0.1, -0.05) is 18.2 Å². The number of carbonyl (C=O) groups excluding carboxylic acids is 1. The molecule has 0 saturated carbocycles. The lowest BCUT2D eigenvalue weighted by molar-refractivity contribution is -0.0565. The van der Waals surface area contributed by atoms with Crippen LogP contribution in [-0.4, -0.2) is 60.6 Å². The summed E-state index contributed by atoms with van der Waals surface area (Å²) >= 11 is 0. The summed E-state index contributed by atoms with van der Waals surface area (Å²) < 4.78 is 12.2. The van der Waals surface area contributed by atoms with E-state index in [1.807, 2.05) is 0 Å². The molecule has 3 aromatic rings. The molecule has 4 atom stereocenters. The predicted octanol–water partition coefficient (Wildman–Crippen LogP) is -0.404. The zero-order valence-corrected chi connectivity index (χ0v) is 13.9. The van der Waals surface area contributed by atoms with Gasteiger partial charge in [0.2, 0.25) is 0 Å². The highest BCUT2D eigenvalue weighted by Gasteiger charge is 2.45. The number of fused-ring (bicyclic) bond motifs is 1. The highest BCUT2D eigenvalue weighted by atomic mass is 16.6. The molecule has 0 amide bonds. The van der Waals surface area contributed by atoms with Crippen LogP contribution in [-0.2, 0) is 9.47 Å². The van der Waals surface area contributed by atoms with Crippen molar-refractivity contribution >= 4 is 17.1 Å². The Bertz CT molecular complexity index is 1020. The van der Waals surface area contributed by atoms with Crippen LogP contribution in [0.3, 0.4) is 0 Å². The summed E-state index contributed by atoms with van der Waals surface area (Å²) in [4.78, 5) is 34.2. The molecule has 1 aliphatic rings. The first-order valence-electron chi connectivity index (χ1n) is 8.20. The molecule has 27 heavy (non-hydrogen) atoms. The van der Waals surface area contributed by atoms with Crippen LogP contribution in [0.25, 0.3) is 11.2 Å². The van der Waals surface area contributed by atoms with Crippen LogP contribution in [0.15, 0.2) is 47.8 Å². The van der Waals surface area contributed by atoms with E-state index in [0.29, 0.717) is 5.56 Å². The van der Waals surface area contributed by atoms with E-state index in [4.69, 9.17) is 9.47 Å². The van der Waals surface area contributed by atoms with Crippen molar-refractivity contribution < 1.29 is 24.5 Å². The number of benzene rings is 1. The van der Waals surface area contributed by atoms with Gasteiger partial charge in [-0.25, -0.2) is 14.8 Å². The lowest BCUT2D eigenvalue weighted by Gasteiger charge is -2.16. The van der Waals surface area contributed by atoms with Gasteiger partial charge in [-0.2, -0.15) is 0 Å². The molecule has 0 spiro atoms. The molecule has 2 aromatic heterocycles. The van der Waals surface area contributed by atoms with Gasteiger partial charge in [-0.15, -0.1) is 0 Å². The number of aliphatic hydroxyl groups is 2. The number of aromatic nitrogens is 4. The van der Waals surface area contributed by atoms with Crippen LogP contribution < -0.4 is 5.56 Å². The number of rotatable bonds is 4. The molecular formula is C17H16N4O6. The van der Waals surface area contributed by atoms with E-state index >= 15 is 0 Å². The minimum absolute atomic E-state index is 0.0849. The van der Waals surface area contributed by atoms with E-state index in [-0.39, 0.29) is 17.8 Å². The van der Waals surface area contributed by atoms with Gasteiger partial charge >= 0.3 is 5.97 Å². The van der Waals surface area contributed by atoms with Gasteiger partial charge < -0.3 is 24.7 Å². The second-order valence-corrected chi connectivity index (χ2v) is 6.07. The first-order chi connectivity index (χ1) is 13.1. The summed E-state index contributed by atoms with van der Waals surface area (Å²) in [6.07, 6.45) is -2.08. The molecule has 3 heterocycles. The maximum absolute atomic E-state index is 12.0. The third-order valence-electron chi connectivity index (χ3n) is 4.36. The molecular weight excluding hydrogens is 356 g/mol. The van der Waals surface area contributed by atoms with Gasteiger partial charge in [0.05, 0.1) is 18.2 Å². The molecule has 1 saturated heterocycles. The Hall–Kier alpha value is -3.08. The van der Waals surface area contributed by atoms with Gasteiger partial charge in [-0.3, -0.25) is 9.36 Å². The fourth-order valence-corrected chi connectivity index (χ4v) is 2.96. The average Bonchev–Trinajstić information content (AvgIpc) is 3.23. The molecule has 4 rings (SSSR count). The first kappa shape index (κ1) is 17.3. The van der Waals surface area contributed by atoms with E-state index in [9.17, 15) is 19.8 Å². The maximum atomic E-state index is 12.0. The molecule has 0 bridgehead atoms. The molecule has 1 aliphatic heterocycles. The van der Waals surface area contributed by atoms with Gasteiger partial charge in [-0.05, 0) is 12.1 Å². The van der Waals surface area contributed by atoms with Crippen LogP contribution in [0.4, 0.5) is 0 Å². The monoisotopic (exact) mass is 372 g/mol. The van der Waals surface area contributed by atoms with Crippen molar-refractivity contribution in [3.8, 4) is 0 Å². The Kier molecular flexibility index (Phi) is 4.44. The summed E-state index contributed by atoms with van der Waals surface area (Å²) in [5.41, 5.74) is 0.227. The Labute approximate surface area is 152 Å². The third kappa shape index (κ3) is 3.10. The summed E-state index contributed by atoms with van der Waals surface area (Å²) in [7, 11) is 0. The van der Waals surface area contributed by atoms with Crippen molar-refractivity contribution in [2.45, 2.75) is 24.5 Å². The summed E-state index contributed by atoms with van der Waals surface area (Å²) in [6.45, 7) is -0.247. The Morgan fingerprint density at radius 2 is 2.00 bits per heavy atom. The molecule has 140 valence electrons. The van der Waals surface area contributed by atoms with Gasteiger partial charge in [0, 0.05) is 0 Å². The van der Waals surface area contributed by atoms with Crippen LogP contribution in [0.5, 0.6) is 0 Å². The second kappa shape index (κ2) is 6.91. The smallest absolute Gasteiger partial charge is 0.338 e. The standard InChI is InChI=1S/C17H16N4O6/c22-12-10(6-26-17(25)9-4-2-1-3-5-9)27-16(13(12)23)21-8-20-11-14(21)18-7-19-15(11)24/h1-5,7-8,10,12-13,16,22-23H,6H2,(H,18,19,24)/t10-,12-,13-,16+/m0/s1. The van der Waals surface area contributed by atoms with Crippen molar-refractivity contribution in [1.29, 1.82) is 0 Å². The molecule has 1 fully saturated rings. The summed E-state index contributed by atoms with van der Waals surface area (Å²) in [5.74, 6) is -0.564. The largest absolute Gasteiger partial charge is 0.459 e. The van der Waals surface area contributed by atoms with Crippen LogP contribution in [0.1, 0.15) is 16.6 Å². The number of carbonyl (C=O) groups is 1. The number of nitrogens with one attached hydrogen (secondary N) is 1. The minimum atomic E-state index is -1.32. The molecule has 10 heteroatoms. The zero-order valence-electron chi connectivity index (χ0n) is 13.9. The normalized spacial score (nSPS) is 25.0. The lowest BCUT2D eigenvalue weighted by Crippen LogP contribution is -2.34. The van der Waals surface area contributed by atoms with Gasteiger partial charge in [0.25, 0.3) is 5.56 Å². The number of aromatic amines is 1. The van der Waals surface area contributed by atoms with E-state index in [0.717, 1.165) is 0 Å². The van der Waals surface area contributed by atoms with Gasteiger partial charge in [0.15, 0.2) is 17.4 Å². The number of hydrogen-bond donors (Lipinski definition) is 3. The topological polar surface area (TPSA) is 140 Å². The number of H-pyrrole nitrogens is 1. The molecule has 10 nitrogen and oxygen atoms in total. The van der Waals surface area contributed by atoms with Crippen molar-refractivity contribution in [1.82, 2.24) is 19.5 Å². The number of hydrogen-bond acceptors (Lipinski definition) is 8. The summed E-state index contributed by atoms with van der Waals surface area (Å²) in [6, 6.07) is 8.39. The Balaban J connectivity index is 1.50. The molecule has 0 radical (unpaired) electrons.